The highest BCUT2D eigenvalue weighted by atomic mass is 16.6. The largest absolute Gasteiger partial charge is 0.493 e. The van der Waals surface area contributed by atoms with E-state index in [9.17, 15) is 9.59 Å². The minimum absolute atomic E-state index is 0.148. The maximum atomic E-state index is 13.7. The first-order chi connectivity index (χ1) is 15.9. The van der Waals surface area contributed by atoms with Crippen LogP contribution < -0.4 is 19.3 Å². The lowest BCUT2D eigenvalue weighted by atomic mass is 9.99. The van der Waals surface area contributed by atoms with E-state index in [2.05, 4.69) is 0 Å². The van der Waals surface area contributed by atoms with E-state index in [1.807, 2.05) is 39.8 Å². The van der Waals surface area contributed by atoms with E-state index in [4.69, 9.17) is 14.2 Å². The van der Waals surface area contributed by atoms with Crippen LogP contribution >= 0.6 is 0 Å². The van der Waals surface area contributed by atoms with Gasteiger partial charge >= 0.3 is 6.09 Å². The Balaban J connectivity index is 2.07. The zero-order valence-electron chi connectivity index (χ0n) is 20.4. The minimum Gasteiger partial charge on any atom is -0.493 e. The molecule has 2 aromatic rings. The average Bonchev–Trinajstić information content (AvgIpc) is 2.82. The SMILES string of the molecule is CCCOc1cc(C(=O)N2CC(CC)N(C(=O)OCC)c3cc(C)c(C)cc32)ccc1OC. The van der Waals surface area contributed by atoms with Gasteiger partial charge in [-0.3, -0.25) is 9.69 Å². The number of carbonyl (C=O) groups is 2. The van der Waals surface area contributed by atoms with E-state index in [0.29, 0.717) is 54.6 Å². The maximum absolute atomic E-state index is 13.7. The molecule has 33 heavy (non-hydrogen) atoms. The summed E-state index contributed by atoms with van der Waals surface area (Å²) in [5.74, 6) is 0.985. The molecule has 3 rings (SSSR count). The number of hydrogen-bond acceptors (Lipinski definition) is 5. The fraction of sp³-hybridized carbons (Fsp3) is 0.462. The van der Waals surface area contributed by atoms with Crippen molar-refractivity contribution in [2.75, 3.05) is 36.7 Å². The van der Waals surface area contributed by atoms with Gasteiger partial charge in [-0.15, -0.1) is 0 Å². The van der Waals surface area contributed by atoms with E-state index in [0.717, 1.165) is 17.5 Å². The van der Waals surface area contributed by atoms with E-state index >= 15 is 0 Å². The van der Waals surface area contributed by atoms with Crippen LogP contribution in [0.25, 0.3) is 0 Å². The lowest BCUT2D eigenvalue weighted by Crippen LogP contribution is -2.53. The number of fused-ring (bicyclic) bond motifs is 1. The van der Waals surface area contributed by atoms with Gasteiger partial charge in [0, 0.05) is 12.1 Å². The molecule has 0 aromatic heterocycles. The topological polar surface area (TPSA) is 68.3 Å². The Labute approximate surface area is 196 Å². The summed E-state index contributed by atoms with van der Waals surface area (Å²) in [6.45, 7) is 11.0. The highest BCUT2D eigenvalue weighted by Gasteiger charge is 2.37. The summed E-state index contributed by atoms with van der Waals surface area (Å²) in [4.78, 5) is 30.1. The number of amides is 2. The molecule has 1 aliphatic heterocycles. The number of nitrogens with zero attached hydrogens (tertiary/aromatic N) is 2. The Kier molecular flexibility index (Phi) is 7.84. The summed E-state index contributed by atoms with van der Waals surface area (Å²) in [6.07, 6.45) is 1.14. The number of hydrogen-bond donors (Lipinski definition) is 0. The van der Waals surface area contributed by atoms with Gasteiger partial charge in [0.1, 0.15) is 0 Å². The molecular weight excluding hydrogens is 420 g/mol. The molecule has 0 saturated carbocycles. The maximum Gasteiger partial charge on any atom is 0.414 e. The molecule has 1 aliphatic rings. The molecule has 0 aliphatic carbocycles. The quantitative estimate of drug-likeness (QED) is 0.552. The van der Waals surface area contributed by atoms with Crippen molar-refractivity contribution in [1.29, 1.82) is 0 Å². The van der Waals surface area contributed by atoms with Gasteiger partial charge in [0.15, 0.2) is 11.5 Å². The first-order valence-electron chi connectivity index (χ1n) is 11.6. The van der Waals surface area contributed by atoms with E-state index < -0.39 is 0 Å². The van der Waals surface area contributed by atoms with E-state index in [1.165, 1.54) is 0 Å². The summed E-state index contributed by atoms with van der Waals surface area (Å²) in [5, 5.41) is 0. The zero-order valence-corrected chi connectivity index (χ0v) is 20.4. The van der Waals surface area contributed by atoms with E-state index in [-0.39, 0.29) is 18.0 Å². The van der Waals surface area contributed by atoms with E-state index in [1.54, 1.807) is 42.0 Å². The van der Waals surface area contributed by atoms with Crippen molar-refractivity contribution in [3.63, 3.8) is 0 Å². The molecule has 0 saturated heterocycles. The third-order valence-electron chi connectivity index (χ3n) is 5.95. The van der Waals surface area contributed by atoms with Crippen LogP contribution in [0.3, 0.4) is 0 Å². The third-order valence-corrected chi connectivity index (χ3v) is 5.95. The van der Waals surface area contributed by atoms with Crippen LogP contribution in [0.4, 0.5) is 16.2 Å². The summed E-state index contributed by atoms with van der Waals surface area (Å²) < 4.78 is 16.6. The molecule has 0 bridgehead atoms. The molecule has 1 unspecified atom stereocenters. The first kappa shape index (κ1) is 24.4. The predicted octanol–water partition coefficient (Wildman–Crippen LogP) is 5.50. The van der Waals surface area contributed by atoms with Crippen molar-refractivity contribution in [2.24, 2.45) is 0 Å². The van der Waals surface area contributed by atoms with Crippen LogP contribution in [-0.2, 0) is 4.74 Å². The average molecular weight is 455 g/mol. The van der Waals surface area contributed by atoms with Crippen LogP contribution in [0.15, 0.2) is 30.3 Å². The Bertz CT molecular complexity index is 1020. The molecule has 178 valence electrons. The molecule has 1 heterocycles. The van der Waals surface area contributed by atoms with Crippen molar-refractivity contribution >= 4 is 23.4 Å². The number of rotatable bonds is 7. The van der Waals surface area contributed by atoms with Crippen LogP contribution in [0.2, 0.25) is 0 Å². The molecule has 2 amide bonds. The molecule has 2 aromatic carbocycles. The van der Waals surface area contributed by atoms with Crippen molar-refractivity contribution < 1.29 is 23.8 Å². The molecule has 0 spiro atoms. The van der Waals surface area contributed by atoms with Crippen molar-refractivity contribution in [3.8, 4) is 11.5 Å². The second-order valence-corrected chi connectivity index (χ2v) is 8.19. The van der Waals surface area contributed by atoms with Crippen molar-refractivity contribution in [1.82, 2.24) is 0 Å². The normalized spacial score (nSPS) is 15.2. The summed E-state index contributed by atoms with van der Waals surface area (Å²) in [5.41, 5.74) is 4.00. The van der Waals surface area contributed by atoms with Gasteiger partial charge in [-0.05, 0) is 75.1 Å². The van der Waals surface area contributed by atoms with Crippen molar-refractivity contribution in [3.05, 3.63) is 47.0 Å². The van der Waals surface area contributed by atoms with Gasteiger partial charge in [-0.25, -0.2) is 4.79 Å². The number of ether oxygens (including phenoxy) is 3. The monoisotopic (exact) mass is 454 g/mol. The zero-order chi connectivity index (χ0) is 24.1. The molecule has 0 fully saturated rings. The van der Waals surface area contributed by atoms with Crippen LogP contribution in [0.1, 0.15) is 55.1 Å². The molecule has 0 radical (unpaired) electrons. The number of carbonyl (C=O) groups excluding carboxylic acids is 2. The van der Waals surface area contributed by atoms with Crippen molar-refractivity contribution in [2.45, 2.75) is 53.5 Å². The Morgan fingerprint density at radius 1 is 1.00 bits per heavy atom. The Morgan fingerprint density at radius 2 is 1.70 bits per heavy atom. The number of methoxy groups -OCH3 is 1. The van der Waals surface area contributed by atoms with Crippen LogP contribution in [0, 0.1) is 13.8 Å². The number of benzene rings is 2. The smallest absolute Gasteiger partial charge is 0.414 e. The highest BCUT2D eigenvalue weighted by Crippen LogP contribution is 2.40. The molecule has 7 heteroatoms. The van der Waals surface area contributed by atoms with Gasteiger partial charge in [0.05, 0.1) is 37.7 Å². The fourth-order valence-electron chi connectivity index (χ4n) is 4.02. The lowest BCUT2D eigenvalue weighted by Gasteiger charge is -2.42. The van der Waals surface area contributed by atoms with Crippen LogP contribution in [-0.4, -0.2) is 44.9 Å². The van der Waals surface area contributed by atoms with Gasteiger partial charge in [-0.2, -0.15) is 0 Å². The molecule has 0 N–H and O–H groups in total. The second kappa shape index (κ2) is 10.6. The molecule has 7 nitrogen and oxygen atoms in total. The van der Waals surface area contributed by atoms with Gasteiger partial charge in [-0.1, -0.05) is 13.8 Å². The summed E-state index contributed by atoms with van der Waals surface area (Å²) >= 11 is 0. The molecule has 1 atom stereocenters. The highest BCUT2D eigenvalue weighted by molar-refractivity contribution is 6.10. The fourth-order valence-corrected chi connectivity index (χ4v) is 4.02. The first-order valence-corrected chi connectivity index (χ1v) is 11.6. The summed E-state index contributed by atoms with van der Waals surface area (Å²) in [6, 6.07) is 8.98. The van der Waals surface area contributed by atoms with Crippen LogP contribution in [0.5, 0.6) is 11.5 Å². The second-order valence-electron chi connectivity index (χ2n) is 8.19. The standard InChI is InChI=1S/C26H34N2O5/c1-7-12-33-24-15-19(10-11-23(24)31-6)25(29)27-16-20(8-2)28(26(30)32-9-3)22-14-18(5)17(4)13-21(22)27/h10-11,13-15,20H,7-9,12,16H2,1-6H3. The molecular formula is C26H34N2O5. The van der Waals surface area contributed by atoms with Gasteiger partial charge in [0.25, 0.3) is 5.91 Å². The Hall–Kier alpha value is -3.22. The van der Waals surface area contributed by atoms with Gasteiger partial charge in [0.2, 0.25) is 0 Å². The lowest BCUT2D eigenvalue weighted by molar-refractivity contribution is 0.0981. The number of aryl methyl sites for hydroxylation is 2. The third kappa shape index (κ3) is 4.92. The number of anilines is 2. The minimum atomic E-state index is -0.388. The van der Waals surface area contributed by atoms with Gasteiger partial charge < -0.3 is 19.1 Å². The summed E-state index contributed by atoms with van der Waals surface area (Å²) in [7, 11) is 1.58. The Morgan fingerprint density at radius 3 is 2.30 bits per heavy atom. The predicted molar refractivity (Wildman–Crippen MR) is 130 cm³/mol.